The Kier molecular flexibility index (Phi) is 13.5. The van der Waals surface area contributed by atoms with Crippen LogP contribution in [0.5, 0.6) is 0 Å². The summed E-state index contributed by atoms with van der Waals surface area (Å²) in [5.41, 5.74) is 0. The molecule has 0 unspecified atom stereocenters. The third-order valence-electron chi connectivity index (χ3n) is 3.56. The first-order chi connectivity index (χ1) is 11.6. The molecule has 140 valence electrons. The van der Waals surface area contributed by atoms with Gasteiger partial charge in [0.25, 0.3) is 0 Å². The highest BCUT2D eigenvalue weighted by atomic mass is 28.4. The normalized spacial score (nSPS) is 12.7. The molecule has 0 amide bonds. The van der Waals surface area contributed by atoms with Crippen LogP contribution in [0.15, 0.2) is 37.5 Å². The summed E-state index contributed by atoms with van der Waals surface area (Å²) in [6.07, 6.45) is 8.15. The summed E-state index contributed by atoms with van der Waals surface area (Å²) in [4.78, 5) is 0. The molecule has 0 N–H and O–H groups in total. The molecule has 0 atom stereocenters. The van der Waals surface area contributed by atoms with Crippen LogP contribution >= 0.6 is 0 Å². The zero-order valence-corrected chi connectivity index (χ0v) is 18.0. The fourth-order valence-electron chi connectivity index (χ4n) is 2.74. The Bertz CT molecular complexity index is 326. The van der Waals surface area contributed by atoms with Gasteiger partial charge in [0, 0.05) is 50.6 Å². The van der Waals surface area contributed by atoms with Gasteiger partial charge in [-0.05, 0) is 27.7 Å². The standard InChI is InChI=1S/C18H36O4Si2/c1-7-15-23(19-9-3,20-10-4)17-13-14-18-24(16-8-2,21-11-5)22-12-6/h7-8,13-14H,1-2,9-12,15-18H2,3-6H3. The van der Waals surface area contributed by atoms with Gasteiger partial charge in [-0.25, -0.2) is 0 Å². The topological polar surface area (TPSA) is 36.9 Å². The number of hydrogen-bond donors (Lipinski definition) is 0. The number of rotatable bonds is 16. The van der Waals surface area contributed by atoms with Crippen molar-refractivity contribution in [3.63, 3.8) is 0 Å². The lowest BCUT2D eigenvalue weighted by Crippen LogP contribution is -2.42. The monoisotopic (exact) mass is 372 g/mol. The van der Waals surface area contributed by atoms with E-state index >= 15 is 0 Å². The van der Waals surface area contributed by atoms with E-state index < -0.39 is 17.1 Å². The van der Waals surface area contributed by atoms with E-state index in [1.54, 1.807) is 0 Å². The zero-order chi connectivity index (χ0) is 18.3. The lowest BCUT2D eigenvalue weighted by atomic mass is 10.6. The van der Waals surface area contributed by atoms with Crippen molar-refractivity contribution in [3.05, 3.63) is 37.5 Å². The average Bonchev–Trinajstić information content (AvgIpc) is 2.53. The highest BCUT2D eigenvalue weighted by Crippen LogP contribution is 2.24. The fraction of sp³-hybridized carbons (Fsp3) is 0.667. The van der Waals surface area contributed by atoms with Gasteiger partial charge in [0.2, 0.25) is 0 Å². The van der Waals surface area contributed by atoms with Gasteiger partial charge in [0.05, 0.1) is 0 Å². The zero-order valence-electron chi connectivity index (χ0n) is 16.0. The molecule has 0 saturated carbocycles. The summed E-state index contributed by atoms with van der Waals surface area (Å²) in [6, 6.07) is 3.23. The molecule has 24 heavy (non-hydrogen) atoms. The van der Waals surface area contributed by atoms with Crippen LogP contribution in [0.3, 0.4) is 0 Å². The summed E-state index contributed by atoms with van der Waals surface area (Å²) in [7, 11) is -4.48. The Morgan fingerprint density at radius 3 is 1.08 bits per heavy atom. The average molecular weight is 373 g/mol. The SMILES string of the molecule is C=CC[Si](CC=CC[Si](CC=C)(OCC)OCC)(OCC)OCC. The number of hydrogen-bond acceptors (Lipinski definition) is 4. The van der Waals surface area contributed by atoms with E-state index in [1.165, 1.54) is 0 Å². The Labute approximate surface area is 151 Å². The molecule has 0 aromatic carbocycles. The second-order valence-electron chi connectivity index (χ2n) is 5.42. The second-order valence-corrected chi connectivity index (χ2v) is 11.8. The minimum atomic E-state index is -2.24. The van der Waals surface area contributed by atoms with Gasteiger partial charge in [-0.15, -0.1) is 13.2 Å². The molecule has 0 bridgehead atoms. The first-order valence-corrected chi connectivity index (χ1v) is 13.5. The lowest BCUT2D eigenvalue weighted by Gasteiger charge is -2.29. The van der Waals surface area contributed by atoms with E-state index in [4.69, 9.17) is 17.7 Å². The smallest absolute Gasteiger partial charge is 0.345 e. The van der Waals surface area contributed by atoms with Crippen LogP contribution in [0.1, 0.15) is 27.7 Å². The molecule has 6 heteroatoms. The molecule has 0 fully saturated rings. The first kappa shape index (κ1) is 23.5. The van der Waals surface area contributed by atoms with Crippen LogP contribution in [0.25, 0.3) is 0 Å². The van der Waals surface area contributed by atoms with Crippen LogP contribution in [0.4, 0.5) is 0 Å². The van der Waals surface area contributed by atoms with Gasteiger partial charge >= 0.3 is 17.1 Å². The Morgan fingerprint density at radius 1 is 0.583 bits per heavy atom. The van der Waals surface area contributed by atoms with E-state index in [-0.39, 0.29) is 0 Å². The van der Waals surface area contributed by atoms with Gasteiger partial charge in [0.1, 0.15) is 0 Å². The van der Waals surface area contributed by atoms with Crippen molar-refractivity contribution in [2.75, 3.05) is 26.4 Å². The van der Waals surface area contributed by atoms with Gasteiger partial charge in [0.15, 0.2) is 0 Å². The molecular weight excluding hydrogens is 336 g/mol. The third-order valence-corrected chi connectivity index (χ3v) is 10.4. The van der Waals surface area contributed by atoms with Crippen molar-refractivity contribution in [2.45, 2.75) is 51.9 Å². The van der Waals surface area contributed by atoms with Gasteiger partial charge in [-0.3, -0.25) is 0 Å². The highest BCUT2D eigenvalue weighted by Gasteiger charge is 2.36. The maximum Gasteiger partial charge on any atom is 0.345 e. The van der Waals surface area contributed by atoms with E-state index in [0.29, 0.717) is 26.4 Å². The summed E-state index contributed by atoms with van der Waals surface area (Å²) >= 11 is 0. The molecule has 0 aliphatic heterocycles. The van der Waals surface area contributed by atoms with E-state index in [0.717, 1.165) is 24.2 Å². The van der Waals surface area contributed by atoms with Crippen LogP contribution in [-0.2, 0) is 17.7 Å². The molecule has 0 aromatic rings. The first-order valence-electron chi connectivity index (χ1n) is 9.00. The predicted octanol–water partition coefficient (Wildman–Crippen LogP) is 4.95. The molecule has 0 saturated heterocycles. The molecule has 0 aliphatic rings. The van der Waals surface area contributed by atoms with Crippen molar-refractivity contribution >= 4 is 17.1 Å². The molecule has 0 spiro atoms. The summed E-state index contributed by atoms with van der Waals surface area (Å²) in [5, 5.41) is 0. The van der Waals surface area contributed by atoms with Crippen molar-refractivity contribution < 1.29 is 17.7 Å². The van der Waals surface area contributed by atoms with Crippen molar-refractivity contribution in [1.29, 1.82) is 0 Å². The summed E-state index contributed by atoms with van der Waals surface area (Å²) in [5.74, 6) is 0. The van der Waals surface area contributed by atoms with Crippen LogP contribution < -0.4 is 0 Å². The molecule has 0 aliphatic carbocycles. The van der Waals surface area contributed by atoms with Crippen LogP contribution in [-0.4, -0.2) is 43.5 Å². The van der Waals surface area contributed by atoms with Gasteiger partial charge in [-0.2, -0.15) is 0 Å². The molecule has 0 rings (SSSR count). The maximum absolute atomic E-state index is 6.01. The Hall–Kier alpha value is -0.506. The van der Waals surface area contributed by atoms with Crippen molar-refractivity contribution in [1.82, 2.24) is 0 Å². The maximum atomic E-state index is 6.01. The largest absolute Gasteiger partial charge is 0.394 e. The summed E-state index contributed by atoms with van der Waals surface area (Å²) in [6.45, 7) is 18.4. The Morgan fingerprint density at radius 2 is 0.875 bits per heavy atom. The van der Waals surface area contributed by atoms with Gasteiger partial charge < -0.3 is 17.7 Å². The second kappa shape index (κ2) is 13.7. The van der Waals surface area contributed by atoms with Crippen LogP contribution in [0.2, 0.25) is 24.2 Å². The summed E-state index contributed by atoms with van der Waals surface area (Å²) < 4.78 is 24.0. The van der Waals surface area contributed by atoms with Crippen molar-refractivity contribution in [2.24, 2.45) is 0 Å². The highest BCUT2D eigenvalue weighted by molar-refractivity contribution is 6.69. The van der Waals surface area contributed by atoms with E-state index in [1.807, 2.05) is 39.8 Å². The Balaban J connectivity index is 4.97. The quantitative estimate of drug-likeness (QED) is 0.284. The minimum Gasteiger partial charge on any atom is -0.394 e. The van der Waals surface area contributed by atoms with Crippen LogP contribution in [0, 0.1) is 0 Å². The minimum absolute atomic E-state index is 0.668. The lowest BCUT2D eigenvalue weighted by molar-refractivity contribution is 0.186. The van der Waals surface area contributed by atoms with Crippen molar-refractivity contribution in [3.8, 4) is 0 Å². The molecule has 0 heterocycles. The van der Waals surface area contributed by atoms with E-state index in [9.17, 15) is 0 Å². The third kappa shape index (κ3) is 8.55. The molecule has 0 radical (unpaired) electrons. The predicted molar refractivity (Wildman–Crippen MR) is 107 cm³/mol. The molecule has 0 aromatic heterocycles. The fourth-order valence-corrected chi connectivity index (χ4v) is 8.22. The number of allylic oxidation sites excluding steroid dienone is 4. The molecular formula is C18H36O4Si2. The van der Waals surface area contributed by atoms with Gasteiger partial charge in [-0.1, -0.05) is 24.3 Å². The van der Waals surface area contributed by atoms with E-state index in [2.05, 4.69) is 25.3 Å². The molecule has 4 nitrogen and oxygen atoms in total.